The summed E-state index contributed by atoms with van der Waals surface area (Å²) in [5, 5.41) is 4.26. The van der Waals surface area contributed by atoms with Crippen molar-refractivity contribution in [2.75, 3.05) is 0 Å². The van der Waals surface area contributed by atoms with E-state index in [1.54, 1.807) is 6.33 Å². The summed E-state index contributed by atoms with van der Waals surface area (Å²) in [5.41, 5.74) is 3.52. The second-order valence-corrected chi connectivity index (χ2v) is 8.67. The van der Waals surface area contributed by atoms with Crippen molar-refractivity contribution >= 4 is 35.0 Å². The number of H-pyrrole nitrogens is 1. The summed E-state index contributed by atoms with van der Waals surface area (Å²) in [5.74, 6) is 1.39. The van der Waals surface area contributed by atoms with Crippen molar-refractivity contribution < 1.29 is 4.74 Å². The third-order valence-corrected chi connectivity index (χ3v) is 5.85. The molecule has 4 rings (SSSR count). The predicted molar refractivity (Wildman–Crippen MR) is 118 cm³/mol. The van der Waals surface area contributed by atoms with Gasteiger partial charge in [-0.3, -0.25) is 0 Å². The van der Waals surface area contributed by atoms with Crippen LogP contribution in [0.2, 0.25) is 5.02 Å². The molecule has 1 fully saturated rings. The number of nitrogens with zero attached hydrogens (tertiary/aromatic N) is 1. The Bertz CT molecular complexity index is 911. The van der Waals surface area contributed by atoms with Gasteiger partial charge in [-0.05, 0) is 54.9 Å². The van der Waals surface area contributed by atoms with Crippen LogP contribution in [-0.4, -0.2) is 16.0 Å². The van der Waals surface area contributed by atoms with Gasteiger partial charge >= 0.3 is 0 Å². The number of nitrogens with one attached hydrogen (secondary N) is 2. The fraction of sp³-hybridized carbons (Fsp3) is 0.409. The minimum Gasteiger partial charge on any atom is -0.456 e. The van der Waals surface area contributed by atoms with Crippen LogP contribution in [0.5, 0.6) is 11.5 Å². The first-order valence-corrected chi connectivity index (χ1v) is 9.99. The molecule has 2 N–H and O–H groups in total. The first kappa shape index (κ1) is 21.0. The van der Waals surface area contributed by atoms with E-state index in [9.17, 15) is 0 Å². The summed E-state index contributed by atoms with van der Waals surface area (Å²) in [6.45, 7) is 5.64. The fourth-order valence-corrected chi connectivity index (χ4v) is 3.88. The summed E-state index contributed by atoms with van der Waals surface area (Å²) in [6, 6.07) is 12.5. The zero-order chi connectivity index (χ0) is 18.9. The molecule has 0 radical (unpaired) electrons. The molecule has 1 heterocycles. The van der Waals surface area contributed by atoms with Crippen LogP contribution in [0.3, 0.4) is 0 Å². The van der Waals surface area contributed by atoms with Crippen molar-refractivity contribution in [1.82, 2.24) is 15.3 Å². The van der Waals surface area contributed by atoms with Gasteiger partial charge in [0.2, 0.25) is 0 Å². The SMILES string of the molecule is CC1(C)CCC(NCc2ccc(Oc3cc4nc[nH]c4cc3Cl)cc2)CC1.Cl. The molecule has 0 atom stereocenters. The van der Waals surface area contributed by atoms with Crippen LogP contribution >= 0.6 is 24.0 Å². The van der Waals surface area contributed by atoms with Gasteiger partial charge in [-0.1, -0.05) is 37.6 Å². The van der Waals surface area contributed by atoms with Crippen LogP contribution in [0.1, 0.15) is 45.1 Å². The monoisotopic (exact) mass is 419 g/mol. The summed E-state index contributed by atoms with van der Waals surface area (Å²) in [6.07, 6.45) is 6.79. The minimum atomic E-state index is 0. The van der Waals surface area contributed by atoms with Crippen molar-refractivity contribution in [3.05, 3.63) is 53.3 Å². The molecule has 0 spiro atoms. The Morgan fingerprint density at radius 3 is 2.61 bits per heavy atom. The molecule has 2 aromatic carbocycles. The lowest BCUT2D eigenvalue weighted by Gasteiger charge is -2.34. The molecule has 150 valence electrons. The van der Waals surface area contributed by atoms with Crippen LogP contribution in [-0.2, 0) is 6.54 Å². The second kappa shape index (κ2) is 8.73. The maximum atomic E-state index is 6.31. The molecule has 1 aliphatic carbocycles. The Labute approximate surface area is 177 Å². The lowest BCUT2D eigenvalue weighted by molar-refractivity contribution is 0.206. The highest BCUT2D eigenvalue weighted by molar-refractivity contribution is 6.32. The first-order valence-electron chi connectivity index (χ1n) is 9.61. The Kier molecular flexibility index (Phi) is 6.54. The summed E-state index contributed by atoms with van der Waals surface area (Å²) < 4.78 is 5.95. The molecule has 6 heteroatoms. The van der Waals surface area contributed by atoms with Crippen molar-refractivity contribution in [3.63, 3.8) is 0 Å². The Morgan fingerprint density at radius 1 is 1.18 bits per heavy atom. The van der Waals surface area contributed by atoms with Crippen LogP contribution in [0, 0.1) is 5.41 Å². The molecule has 0 saturated heterocycles. The van der Waals surface area contributed by atoms with Crippen molar-refractivity contribution in [2.45, 2.75) is 52.1 Å². The van der Waals surface area contributed by atoms with E-state index in [-0.39, 0.29) is 12.4 Å². The summed E-state index contributed by atoms with van der Waals surface area (Å²) in [7, 11) is 0. The Morgan fingerprint density at radius 2 is 1.89 bits per heavy atom. The van der Waals surface area contributed by atoms with Gasteiger partial charge in [0.15, 0.2) is 0 Å². The largest absolute Gasteiger partial charge is 0.456 e. The fourth-order valence-electron chi connectivity index (χ4n) is 3.68. The van der Waals surface area contributed by atoms with Crippen molar-refractivity contribution in [3.8, 4) is 11.5 Å². The molecule has 1 saturated carbocycles. The van der Waals surface area contributed by atoms with Gasteiger partial charge in [0.05, 0.1) is 22.4 Å². The van der Waals surface area contributed by atoms with E-state index < -0.39 is 0 Å². The number of hydrogen-bond donors (Lipinski definition) is 2. The average Bonchev–Trinajstić information content (AvgIpc) is 3.09. The summed E-state index contributed by atoms with van der Waals surface area (Å²) in [4.78, 5) is 7.30. The molecular formula is C22H27Cl2N3O. The first-order chi connectivity index (χ1) is 13.0. The van der Waals surface area contributed by atoms with Gasteiger partial charge in [-0.25, -0.2) is 4.98 Å². The van der Waals surface area contributed by atoms with Gasteiger partial charge < -0.3 is 15.0 Å². The second-order valence-electron chi connectivity index (χ2n) is 8.27. The van der Waals surface area contributed by atoms with E-state index in [0.717, 1.165) is 23.3 Å². The van der Waals surface area contributed by atoms with Gasteiger partial charge in [0.1, 0.15) is 11.5 Å². The van der Waals surface area contributed by atoms with Crippen molar-refractivity contribution in [1.29, 1.82) is 0 Å². The van der Waals surface area contributed by atoms with E-state index in [2.05, 4.69) is 41.3 Å². The third-order valence-electron chi connectivity index (χ3n) is 5.56. The highest BCUT2D eigenvalue weighted by Gasteiger charge is 2.26. The van der Waals surface area contributed by atoms with Crippen LogP contribution in [0.15, 0.2) is 42.7 Å². The zero-order valence-corrected chi connectivity index (χ0v) is 17.9. The van der Waals surface area contributed by atoms with E-state index in [4.69, 9.17) is 16.3 Å². The molecule has 0 bridgehead atoms. The molecule has 0 aliphatic heterocycles. The number of hydrogen-bond acceptors (Lipinski definition) is 3. The molecular weight excluding hydrogens is 393 g/mol. The number of rotatable bonds is 5. The summed E-state index contributed by atoms with van der Waals surface area (Å²) >= 11 is 6.31. The third kappa shape index (κ3) is 4.99. The normalized spacial score (nSPS) is 16.7. The van der Waals surface area contributed by atoms with Gasteiger partial charge in [-0.2, -0.15) is 0 Å². The topological polar surface area (TPSA) is 49.9 Å². The van der Waals surface area contributed by atoms with E-state index in [0.29, 0.717) is 22.2 Å². The highest BCUT2D eigenvalue weighted by Crippen LogP contribution is 2.35. The molecule has 28 heavy (non-hydrogen) atoms. The molecule has 3 aromatic rings. The molecule has 0 unspecified atom stereocenters. The number of halogens is 2. The number of benzene rings is 2. The average molecular weight is 420 g/mol. The molecule has 1 aromatic heterocycles. The predicted octanol–water partition coefficient (Wildman–Crippen LogP) is 6.49. The number of imidazole rings is 1. The van der Waals surface area contributed by atoms with Crippen LogP contribution < -0.4 is 10.1 Å². The maximum absolute atomic E-state index is 6.31. The van der Waals surface area contributed by atoms with Gasteiger partial charge in [0.25, 0.3) is 0 Å². The highest BCUT2D eigenvalue weighted by atomic mass is 35.5. The lowest BCUT2D eigenvalue weighted by atomic mass is 9.75. The number of ether oxygens (including phenoxy) is 1. The van der Waals surface area contributed by atoms with Crippen LogP contribution in [0.4, 0.5) is 0 Å². The minimum absolute atomic E-state index is 0. The smallest absolute Gasteiger partial charge is 0.148 e. The zero-order valence-electron chi connectivity index (χ0n) is 16.3. The van der Waals surface area contributed by atoms with E-state index in [1.165, 1.54) is 31.2 Å². The standard InChI is InChI=1S/C22H26ClN3O.ClH/c1-22(2)9-7-16(8-10-22)24-13-15-3-5-17(6-4-15)27-21-12-20-19(11-18(21)23)25-14-26-20;/h3-6,11-12,14,16,24H,7-10,13H2,1-2H3,(H,25,26);1H. The maximum Gasteiger partial charge on any atom is 0.148 e. The van der Waals surface area contributed by atoms with Crippen molar-refractivity contribution in [2.24, 2.45) is 5.41 Å². The van der Waals surface area contributed by atoms with Crippen LogP contribution in [0.25, 0.3) is 11.0 Å². The molecule has 1 aliphatic rings. The number of aromatic nitrogens is 2. The Balaban J connectivity index is 0.00000225. The van der Waals surface area contributed by atoms with Gasteiger partial charge in [0, 0.05) is 18.7 Å². The number of aromatic amines is 1. The van der Waals surface area contributed by atoms with Gasteiger partial charge in [-0.15, -0.1) is 12.4 Å². The lowest BCUT2D eigenvalue weighted by Crippen LogP contribution is -2.35. The van der Waals surface area contributed by atoms with E-state index >= 15 is 0 Å². The number of fused-ring (bicyclic) bond motifs is 1. The molecule has 0 amide bonds. The Hall–Kier alpha value is -1.75. The molecule has 4 nitrogen and oxygen atoms in total. The quantitative estimate of drug-likeness (QED) is 0.496. The van der Waals surface area contributed by atoms with E-state index in [1.807, 2.05) is 24.3 Å².